The zero-order valence-corrected chi connectivity index (χ0v) is 12.3. The predicted octanol–water partition coefficient (Wildman–Crippen LogP) is 3.45. The molecule has 0 fully saturated rings. The summed E-state index contributed by atoms with van der Waals surface area (Å²) in [5.74, 6) is 0.949. The van der Waals surface area contributed by atoms with Gasteiger partial charge in [0.2, 0.25) is 0 Å². The number of thiocarbonyl (C=S) groups is 1. The minimum absolute atomic E-state index is 0.503. The molecule has 0 bridgehead atoms. The minimum Gasteiger partial charge on any atom is -0.361 e. The van der Waals surface area contributed by atoms with E-state index in [9.17, 15) is 0 Å². The van der Waals surface area contributed by atoms with Gasteiger partial charge < -0.3 is 10.2 Å². The SMILES string of the molecule is CCN(CC)C(C)=NC(=S)Nc1ccc(C)cc1. The van der Waals surface area contributed by atoms with Crippen molar-refractivity contribution in [1.29, 1.82) is 0 Å². The second-order valence-electron chi connectivity index (χ2n) is 4.13. The van der Waals surface area contributed by atoms with E-state index < -0.39 is 0 Å². The standard InChI is InChI=1S/C14H21N3S/c1-5-17(6-2)12(4)15-14(18)16-13-9-7-11(3)8-10-13/h7-10H,5-6H2,1-4H3,(H,16,18). The Labute approximate surface area is 115 Å². The van der Waals surface area contributed by atoms with E-state index in [0.717, 1.165) is 24.6 Å². The number of amidine groups is 1. The first-order valence-corrected chi connectivity index (χ1v) is 6.65. The zero-order chi connectivity index (χ0) is 13.5. The van der Waals surface area contributed by atoms with E-state index in [0.29, 0.717) is 5.11 Å². The maximum absolute atomic E-state index is 5.23. The van der Waals surface area contributed by atoms with E-state index in [1.807, 2.05) is 31.2 Å². The number of hydrogen-bond donors (Lipinski definition) is 1. The molecule has 1 aromatic rings. The molecule has 0 saturated heterocycles. The number of aryl methyl sites for hydroxylation is 1. The molecule has 0 aromatic heterocycles. The number of anilines is 1. The van der Waals surface area contributed by atoms with Crippen LogP contribution in [0.3, 0.4) is 0 Å². The predicted molar refractivity (Wildman–Crippen MR) is 83.4 cm³/mol. The maximum atomic E-state index is 5.23. The third kappa shape index (κ3) is 4.45. The van der Waals surface area contributed by atoms with Crippen LogP contribution in [0.2, 0.25) is 0 Å². The molecule has 98 valence electrons. The lowest BCUT2D eigenvalue weighted by Crippen LogP contribution is -2.29. The van der Waals surface area contributed by atoms with Gasteiger partial charge in [0, 0.05) is 18.8 Å². The number of aliphatic imine (C=N–C) groups is 1. The van der Waals surface area contributed by atoms with Crippen LogP contribution in [-0.4, -0.2) is 28.9 Å². The monoisotopic (exact) mass is 263 g/mol. The Bertz CT molecular complexity index is 419. The molecule has 18 heavy (non-hydrogen) atoms. The number of nitrogens with zero attached hydrogens (tertiary/aromatic N) is 2. The molecule has 0 heterocycles. The van der Waals surface area contributed by atoms with Crippen molar-refractivity contribution in [2.24, 2.45) is 4.99 Å². The maximum Gasteiger partial charge on any atom is 0.198 e. The quantitative estimate of drug-likeness (QED) is 0.514. The van der Waals surface area contributed by atoms with Gasteiger partial charge in [-0.2, -0.15) is 0 Å². The largest absolute Gasteiger partial charge is 0.361 e. The lowest BCUT2D eigenvalue weighted by Gasteiger charge is -2.20. The van der Waals surface area contributed by atoms with Gasteiger partial charge in [0.15, 0.2) is 5.11 Å². The van der Waals surface area contributed by atoms with Crippen LogP contribution in [0.25, 0.3) is 0 Å². The molecule has 0 radical (unpaired) electrons. The first-order chi connectivity index (χ1) is 8.56. The van der Waals surface area contributed by atoms with Gasteiger partial charge >= 0.3 is 0 Å². The Morgan fingerprint density at radius 2 is 1.78 bits per heavy atom. The van der Waals surface area contributed by atoms with Crippen molar-refractivity contribution in [2.45, 2.75) is 27.7 Å². The highest BCUT2D eigenvalue weighted by atomic mass is 32.1. The Morgan fingerprint density at radius 3 is 2.28 bits per heavy atom. The Morgan fingerprint density at radius 1 is 1.22 bits per heavy atom. The van der Waals surface area contributed by atoms with Crippen molar-refractivity contribution < 1.29 is 0 Å². The van der Waals surface area contributed by atoms with Crippen LogP contribution in [0.1, 0.15) is 26.3 Å². The molecule has 0 spiro atoms. The topological polar surface area (TPSA) is 27.6 Å². The van der Waals surface area contributed by atoms with Crippen LogP contribution in [-0.2, 0) is 0 Å². The fourth-order valence-electron chi connectivity index (χ4n) is 1.69. The van der Waals surface area contributed by atoms with Crippen molar-refractivity contribution >= 4 is 28.9 Å². The Hall–Kier alpha value is -1.42. The average molecular weight is 263 g/mol. The third-order valence-electron chi connectivity index (χ3n) is 2.79. The van der Waals surface area contributed by atoms with Crippen molar-refractivity contribution in [3.63, 3.8) is 0 Å². The van der Waals surface area contributed by atoms with E-state index in [2.05, 4.69) is 36.0 Å². The molecular formula is C14H21N3S. The van der Waals surface area contributed by atoms with Crippen LogP contribution in [0.4, 0.5) is 5.69 Å². The molecule has 0 aliphatic heterocycles. The summed E-state index contributed by atoms with van der Waals surface area (Å²) in [7, 11) is 0. The smallest absolute Gasteiger partial charge is 0.198 e. The van der Waals surface area contributed by atoms with Crippen LogP contribution >= 0.6 is 12.2 Å². The molecule has 0 saturated carbocycles. The summed E-state index contributed by atoms with van der Waals surface area (Å²) in [4.78, 5) is 6.57. The first-order valence-electron chi connectivity index (χ1n) is 6.24. The van der Waals surface area contributed by atoms with Gasteiger partial charge in [-0.25, -0.2) is 4.99 Å². The molecule has 0 unspecified atom stereocenters. The lowest BCUT2D eigenvalue weighted by molar-refractivity contribution is 0.463. The van der Waals surface area contributed by atoms with Gasteiger partial charge in [-0.1, -0.05) is 17.7 Å². The summed E-state index contributed by atoms with van der Waals surface area (Å²) >= 11 is 5.23. The molecule has 0 amide bonds. The fourth-order valence-corrected chi connectivity index (χ4v) is 1.94. The molecule has 1 rings (SSSR count). The Balaban J connectivity index is 2.66. The number of nitrogens with one attached hydrogen (secondary N) is 1. The van der Waals surface area contributed by atoms with Crippen LogP contribution in [0.15, 0.2) is 29.3 Å². The van der Waals surface area contributed by atoms with Gasteiger partial charge in [0.05, 0.1) is 0 Å². The molecule has 3 nitrogen and oxygen atoms in total. The number of hydrogen-bond acceptors (Lipinski definition) is 1. The molecule has 1 N–H and O–H groups in total. The highest BCUT2D eigenvalue weighted by molar-refractivity contribution is 7.80. The van der Waals surface area contributed by atoms with Gasteiger partial charge in [0.1, 0.15) is 5.84 Å². The summed E-state index contributed by atoms with van der Waals surface area (Å²) in [5, 5.41) is 3.62. The van der Waals surface area contributed by atoms with Crippen molar-refractivity contribution in [3.8, 4) is 0 Å². The highest BCUT2D eigenvalue weighted by Crippen LogP contribution is 2.09. The summed E-state index contributed by atoms with van der Waals surface area (Å²) in [6, 6.07) is 8.10. The summed E-state index contributed by atoms with van der Waals surface area (Å²) < 4.78 is 0. The van der Waals surface area contributed by atoms with Crippen molar-refractivity contribution in [2.75, 3.05) is 18.4 Å². The van der Waals surface area contributed by atoms with Crippen LogP contribution in [0, 0.1) is 6.92 Å². The normalized spacial score (nSPS) is 11.2. The summed E-state index contributed by atoms with van der Waals surface area (Å²) in [6.07, 6.45) is 0. The van der Waals surface area contributed by atoms with Gasteiger partial charge in [-0.3, -0.25) is 0 Å². The van der Waals surface area contributed by atoms with E-state index >= 15 is 0 Å². The minimum atomic E-state index is 0.503. The van der Waals surface area contributed by atoms with Crippen LogP contribution < -0.4 is 5.32 Å². The molecule has 0 aliphatic rings. The molecular weight excluding hydrogens is 242 g/mol. The second-order valence-corrected chi connectivity index (χ2v) is 4.51. The van der Waals surface area contributed by atoms with Gasteiger partial charge in [0.25, 0.3) is 0 Å². The molecule has 4 heteroatoms. The van der Waals surface area contributed by atoms with E-state index in [-0.39, 0.29) is 0 Å². The Kier molecular flexibility index (Phi) is 5.78. The summed E-state index contributed by atoms with van der Waals surface area (Å²) in [6.45, 7) is 10.1. The lowest BCUT2D eigenvalue weighted by atomic mass is 10.2. The van der Waals surface area contributed by atoms with Gasteiger partial charge in [-0.15, -0.1) is 0 Å². The molecule has 0 aliphatic carbocycles. The van der Waals surface area contributed by atoms with E-state index in [1.165, 1.54) is 5.56 Å². The van der Waals surface area contributed by atoms with Gasteiger partial charge in [-0.05, 0) is 52.0 Å². The van der Waals surface area contributed by atoms with Crippen molar-refractivity contribution in [3.05, 3.63) is 29.8 Å². The van der Waals surface area contributed by atoms with E-state index in [4.69, 9.17) is 12.2 Å². The summed E-state index contributed by atoms with van der Waals surface area (Å²) in [5.41, 5.74) is 2.20. The number of benzene rings is 1. The van der Waals surface area contributed by atoms with E-state index in [1.54, 1.807) is 0 Å². The zero-order valence-electron chi connectivity index (χ0n) is 11.5. The average Bonchev–Trinajstić information content (AvgIpc) is 2.33. The van der Waals surface area contributed by atoms with Crippen molar-refractivity contribution in [1.82, 2.24) is 4.90 Å². The third-order valence-corrected chi connectivity index (χ3v) is 2.98. The van der Waals surface area contributed by atoms with Crippen LogP contribution in [0.5, 0.6) is 0 Å². The first kappa shape index (κ1) is 14.6. The molecule has 0 atom stereocenters. The number of rotatable bonds is 3. The fraction of sp³-hybridized carbons (Fsp3) is 0.429. The highest BCUT2D eigenvalue weighted by Gasteiger charge is 2.02. The second kappa shape index (κ2) is 7.11. The molecule has 1 aromatic carbocycles.